The molecule has 0 amide bonds. The molecule has 72 valence electrons. The fourth-order valence-electron chi connectivity index (χ4n) is 0.955. The first-order chi connectivity index (χ1) is 6.79. The van der Waals surface area contributed by atoms with E-state index in [2.05, 4.69) is 14.9 Å². The van der Waals surface area contributed by atoms with E-state index in [9.17, 15) is 4.79 Å². The van der Waals surface area contributed by atoms with Gasteiger partial charge in [0.2, 0.25) is 5.76 Å². The molecule has 0 aliphatic carbocycles. The Bertz CT molecular complexity index is 446. The van der Waals surface area contributed by atoms with Crippen LogP contribution in [0.3, 0.4) is 0 Å². The molecule has 0 saturated heterocycles. The second-order valence-electron chi connectivity index (χ2n) is 2.49. The number of aromatic nitrogens is 2. The average Bonchev–Trinajstić information content (AvgIpc) is 2.74. The number of aryl methyl sites for hydroxylation is 1. The first kappa shape index (κ1) is 8.49. The van der Waals surface area contributed by atoms with Gasteiger partial charge < -0.3 is 13.7 Å². The normalized spacial score (nSPS) is 10.1. The smallest absolute Gasteiger partial charge is 0.299 e. The molecule has 2 aromatic rings. The molecule has 0 spiro atoms. The second-order valence-corrected chi connectivity index (χ2v) is 2.49. The third kappa shape index (κ3) is 1.49. The first-order valence-corrected chi connectivity index (χ1v) is 3.79. The summed E-state index contributed by atoms with van der Waals surface area (Å²) in [6.07, 6.45) is 1.50. The monoisotopic (exact) mass is 194 g/mol. The minimum atomic E-state index is 0.0871. The Hall–Kier alpha value is -2.11. The van der Waals surface area contributed by atoms with E-state index in [1.807, 2.05) is 0 Å². The van der Waals surface area contributed by atoms with Crippen LogP contribution in [0.1, 0.15) is 5.89 Å². The highest BCUT2D eigenvalue weighted by Crippen LogP contribution is 2.23. The Labute approximate surface area is 78.5 Å². The van der Waals surface area contributed by atoms with Crippen LogP contribution in [0.4, 0.5) is 0 Å². The molecule has 0 aliphatic heterocycles. The van der Waals surface area contributed by atoms with Gasteiger partial charge in [0.15, 0.2) is 11.7 Å². The van der Waals surface area contributed by atoms with Gasteiger partial charge in [-0.25, -0.2) is 4.98 Å². The molecule has 0 aromatic carbocycles. The summed E-state index contributed by atoms with van der Waals surface area (Å²) in [5, 5.41) is 3.48. The fraction of sp³-hybridized carbons (Fsp3) is 0.125. The van der Waals surface area contributed by atoms with Crippen LogP contribution in [0, 0.1) is 6.92 Å². The fourth-order valence-corrected chi connectivity index (χ4v) is 0.955. The van der Waals surface area contributed by atoms with Crippen LogP contribution in [0.5, 0.6) is 5.88 Å². The Morgan fingerprint density at radius 3 is 3.00 bits per heavy atom. The van der Waals surface area contributed by atoms with Crippen molar-refractivity contribution in [2.75, 3.05) is 0 Å². The van der Waals surface area contributed by atoms with Crippen molar-refractivity contribution in [3.05, 3.63) is 18.2 Å². The molecule has 0 fully saturated rings. The van der Waals surface area contributed by atoms with E-state index >= 15 is 0 Å². The molecule has 0 saturated carbocycles. The van der Waals surface area contributed by atoms with Gasteiger partial charge in [-0.2, -0.15) is 0 Å². The molecule has 0 unspecified atom stereocenters. The summed E-state index contributed by atoms with van der Waals surface area (Å²) >= 11 is 0. The van der Waals surface area contributed by atoms with E-state index in [1.165, 1.54) is 12.3 Å². The third-order valence-electron chi connectivity index (χ3n) is 1.52. The average molecular weight is 194 g/mol. The van der Waals surface area contributed by atoms with Crippen molar-refractivity contribution < 1.29 is 18.5 Å². The number of nitrogens with zero attached hydrogens (tertiary/aromatic N) is 2. The summed E-state index contributed by atoms with van der Waals surface area (Å²) in [6.45, 7) is 1.98. The first-order valence-electron chi connectivity index (χ1n) is 3.79. The lowest BCUT2D eigenvalue weighted by Gasteiger charge is -1.83. The van der Waals surface area contributed by atoms with Gasteiger partial charge in [-0.3, -0.25) is 4.79 Å². The predicted molar refractivity (Wildman–Crippen MR) is 43.4 cm³/mol. The van der Waals surface area contributed by atoms with Crippen LogP contribution in [0.25, 0.3) is 11.5 Å². The number of ether oxygens (including phenoxy) is 1. The molecule has 0 aliphatic rings. The largest absolute Gasteiger partial charge is 0.438 e. The minimum Gasteiger partial charge on any atom is -0.438 e. The summed E-state index contributed by atoms with van der Waals surface area (Å²) < 4.78 is 14.5. The maximum Gasteiger partial charge on any atom is 0.299 e. The number of hydrogen-bond acceptors (Lipinski definition) is 6. The van der Waals surface area contributed by atoms with E-state index < -0.39 is 0 Å². The molecule has 14 heavy (non-hydrogen) atoms. The Kier molecular flexibility index (Phi) is 2.02. The Morgan fingerprint density at radius 1 is 1.50 bits per heavy atom. The summed E-state index contributed by atoms with van der Waals surface area (Å²) in [4.78, 5) is 13.9. The molecule has 6 nitrogen and oxygen atoms in total. The van der Waals surface area contributed by atoms with Gasteiger partial charge in [-0.05, 0) is 5.16 Å². The number of oxazole rings is 1. The summed E-state index contributed by atoms with van der Waals surface area (Å²) in [5.41, 5.74) is 0. The van der Waals surface area contributed by atoms with E-state index in [-0.39, 0.29) is 12.4 Å². The highest BCUT2D eigenvalue weighted by molar-refractivity contribution is 5.51. The topological polar surface area (TPSA) is 78.4 Å². The van der Waals surface area contributed by atoms with Gasteiger partial charge in [0, 0.05) is 6.92 Å². The van der Waals surface area contributed by atoms with Gasteiger partial charge in [0.1, 0.15) is 0 Å². The van der Waals surface area contributed by atoms with Gasteiger partial charge in [-0.15, -0.1) is 0 Å². The zero-order valence-corrected chi connectivity index (χ0v) is 7.26. The third-order valence-corrected chi connectivity index (χ3v) is 1.52. The van der Waals surface area contributed by atoms with Crippen molar-refractivity contribution in [3.63, 3.8) is 0 Å². The molecular formula is C8H6N2O4. The van der Waals surface area contributed by atoms with Crippen LogP contribution in [0.15, 0.2) is 21.2 Å². The molecule has 0 radical (unpaired) electrons. The zero-order valence-electron chi connectivity index (χ0n) is 7.26. The number of hydrogen-bond donors (Lipinski definition) is 0. The van der Waals surface area contributed by atoms with E-state index in [1.54, 1.807) is 6.92 Å². The van der Waals surface area contributed by atoms with Gasteiger partial charge in [0.25, 0.3) is 12.4 Å². The van der Waals surface area contributed by atoms with Crippen LogP contribution >= 0.6 is 0 Å². The lowest BCUT2D eigenvalue weighted by Crippen LogP contribution is -1.86. The Morgan fingerprint density at radius 2 is 2.36 bits per heavy atom. The standard InChI is InChI=1S/C8H6N2O4/c1-5-9-3-7(13-5)6-2-8(10-14-6)12-4-11/h2-4H,1H3. The number of rotatable bonds is 3. The van der Waals surface area contributed by atoms with Crippen LogP contribution < -0.4 is 4.74 Å². The zero-order chi connectivity index (χ0) is 9.97. The predicted octanol–water partition coefficient (Wildman–Crippen LogP) is 1.17. The SMILES string of the molecule is Cc1ncc(-c2cc(OC=O)no2)o1. The molecule has 2 heterocycles. The minimum absolute atomic E-state index is 0.0871. The second kappa shape index (κ2) is 3.33. The molecule has 0 bridgehead atoms. The van der Waals surface area contributed by atoms with Crippen molar-refractivity contribution in [2.24, 2.45) is 0 Å². The molecule has 0 N–H and O–H groups in total. The highest BCUT2D eigenvalue weighted by atomic mass is 16.6. The number of carbonyl (C=O) groups excluding carboxylic acids is 1. The lowest BCUT2D eigenvalue weighted by molar-refractivity contribution is -0.121. The van der Waals surface area contributed by atoms with Crippen LogP contribution in [-0.4, -0.2) is 16.6 Å². The van der Waals surface area contributed by atoms with E-state index in [0.29, 0.717) is 17.4 Å². The van der Waals surface area contributed by atoms with Crippen molar-refractivity contribution in [3.8, 4) is 17.4 Å². The van der Waals surface area contributed by atoms with Gasteiger partial charge >= 0.3 is 0 Å². The maximum absolute atomic E-state index is 9.98. The van der Waals surface area contributed by atoms with Crippen molar-refractivity contribution in [1.82, 2.24) is 10.1 Å². The molecule has 2 rings (SSSR count). The van der Waals surface area contributed by atoms with Crippen molar-refractivity contribution in [1.29, 1.82) is 0 Å². The molecular weight excluding hydrogens is 188 g/mol. The Balaban J connectivity index is 2.28. The number of carbonyl (C=O) groups is 1. The summed E-state index contributed by atoms with van der Waals surface area (Å²) in [6, 6.07) is 1.44. The van der Waals surface area contributed by atoms with E-state index in [4.69, 9.17) is 8.94 Å². The lowest BCUT2D eigenvalue weighted by atomic mass is 10.4. The van der Waals surface area contributed by atoms with Crippen LogP contribution in [0.2, 0.25) is 0 Å². The van der Waals surface area contributed by atoms with E-state index in [0.717, 1.165) is 0 Å². The summed E-state index contributed by atoms with van der Waals surface area (Å²) in [5.74, 6) is 1.41. The molecule has 2 aromatic heterocycles. The molecule has 6 heteroatoms. The maximum atomic E-state index is 9.98. The van der Waals surface area contributed by atoms with Crippen molar-refractivity contribution >= 4 is 6.47 Å². The van der Waals surface area contributed by atoms with Gasteiger partial charge in [0.05, 0.1) is 12.3 Å². The molecule has 0 atom stereocenters. The van der Waals surface area contributed by atoms with Crippen molar-refractivity contribution in [2.45, 2.75) is 6.92 Å². The van der Waals surface area contributed by atoms with Gasteiger partial charge in [-0.1, -0.05) is 0 Å². The quantitative estimate of drug-likeness (QED) is 0.682. The summed E-state index contributed by atoms with van der Waals surface area (Å²) in [7, 11) is 0. The highest BCUT2D eigenvalue weighted by Gasteiger charge is 2.11. The van der Waals surface area contributed by atoms with Crippen LogP contribution in [-0.2, 0) is 4.79 Å².